The summed E-state index contributed by atoms with van der Waals surface area (Å²) in [5, 5.41) is 6.15. The predicted molar refractivity (Wildman–Crippen MR) is 60.8 cm³/mol. The monoisotopic (exact) mass is 218 g/mol. The molecule has 0 aromatic heterocycles. The molecule has 0 aromatic rings. The molecule has 0 bridgehead atoms. The summed E-state index contributed by atoms with van der Waals surface area (Å²) in [4.78, 5) is 15.5. The first-order valence-corrected chi connectivity index (χ1v) is 5.83. The lowest BCUT2D eigenvalue weighted by molar-refractivity contribution is 0.151. The Hall–Kier alpha value is -0.710. The summed E-state index contributed by atoms with van der Waals surface area (Å²) >= 11 is 1.66. The fourth-order valence-electron chi connectivity index (χ4n) is 0.520. The SMILES string of the molecule is CSCCNC(=O)ON=CC(C)(C)C. The molecule has 0 unspecified atom stereocenters. The zero-order valence-corrected chi connectivity index (χ0v) is 9.98. The number of carbonyl (C=O) groups excluding carboxylic acids is 1. The van der Waals surface area contributed by atoms with Crippen LogP contribution in [0, 0.1) is 5.41 Å². The van der Waals surface area contributed by atoms with Crippen molar-refractivity contribution >= 4 is 24.1 Å². The van der Waals surface area contributed by atoms with Gasteiger partial charge in [-0.15, -0.1) is 0 Å². The van der Waals surface area contributed by atoms with Crippen LogP contribution in [0.25, 0.3) is 0 Å². The van der Waals surface area contributed by atoms with Crippen LogP contribution in [0.2, 0.25) is 0 Å². The van der Waals surface area contributed by atoms with E-state index in [-0.39, 0.29) is 5.41 Å². The molecule has 1 amide bonds. The second-order valence-corrected chi connectivity index (χ2v) is 4.88. The summed E-state index contributed by atoms with van der Waals surface area (Å²) < 4.78 is 0. The van der Waals surface area contributed by atoms with Crippen molar-refractivity contribution in [2.45, 2.75) is 20.8 Å². The van der Waals surface area contributed by atoms with Gasteiger partial charge in [0.1, 0.15) is 0 Å². The van der Waals surface area contributed by atoms with Gasteiger partial charge in [-0.05, 0) is 6.26 Å². The number of carbonyl (C=O) groups is 1. The maximum atomic E-state index is 10.9. The van der Waals surface area contributed by atoms with Crippen molar-refractivity contribution in [3.05, 3.63) is 0 Å². The normalized spacial score (nSPS) is 11.7. The van der Waals surface area contributed by atoms with Crippen molar-refractivity contribution in [2.24, 2.45) is 10.6 Å². The zero-order valence-electron chi connectivity index (χ0n) is 9.16. The highest BCUT2D eigenvalue weighted by Crippen LogP contribution is 2.08. The highest BCUT2D eigenvalue weighted by molar-refractivity contribution is 7.98. The highest BCUT2D eigenvalue weighted by atomic mass is 32.2. The third-order valence-corrected chi connectivity index (χ3v) is 1.76. The van der Waals surface area contributed by atoms with E-state index >= 15 is 0 Å². The summed E-state index contributed by atoms with van der Waals surface area (Å²) in [6.07, 6.45) is 3.07. The molecule has 0 fully saturated rings. The minimum atomic E-state index is -0.500. The Balaban J connectivity index is 3.59. The molecule has 0 aromatic carbocycles. The van der Waals surface area contributed by atoms with E-state index in [4.69, 9.17) is 0 Å². The first kappa shape index (κ1) is 13.3. The van der Waals surface area contributed by atoms with Crippen molar-refractivity contribution in [3.8, 4) is 0 Å². The molecular formula is C9H18N2O2S. The van der Waals surface area contributed by atoms with Gasteiger partial charge in [-0.3, -0.25) is 4.84 Å². The van der Waals surface area contributed by atoms with Crippen LogP contribution in [-0.2, 0) is 4.84 Å². The van der Waals surface area contributed by atoms with E-state index in [0.29, 0.717) is 6.54 Å². The molecule has 0 aliphatic rings. The number of hydrogen-bond donors (Lipinski definition) is 1. The van der Waals surface area contributed by atoms with Crippen LogP contribution in [0.1, 0.15) is 20.8 Å². The maximum absolute atomic E-state index is 10.9. The first-order valence-electron chi connectivity index (χ1n) is 4.44. The fraction of sp³-hybridized carbons (Fsp3) is 0.778. The van der Waals surface area contributed by atoms with E-state index in [1.807, 2.05) is 27.0 Å². The molecule has 0 aliphatic carbocycles. The predicted octanol–water partition coefficient (Wildman–Crippen LogP) is 2.11. The molecule has 0 spiro atoms. The Morgan fingerprint density at radius 1 is 1.57 bits per heavy atom. The van der Waals surface area contributed by atoms with Gasteiger partial charge in [-0.25, -0.2) is 4.79 Å². The molecule has 1 N–H and O–H groups in total. The summed E-state index contributed by atoms with van der Waals surface area (Å²) in [5.41, 5.74) is -0.0699. The van der Waals surface area contributed by atoms with Crippen LogP contribution in [-0.4, -0.2) is 30.9 Å². The van der Waals surface area contributed by atoms with Gasteiger partial charge in [-0.1, -0.05) is 25.9 Å². The van der Waals surface area contributed by atoms with Gasteiger partial charge >= 0.3 is 6.09 Å². The minimum absolute atomic E-state index is 0.0699. The first-order chi connectivity index (χ1) is 6.45. The summed E-state index contributed by atoms with van der Waals surface area (Å²) in [7, 11) is 0. The molecule has 0 heterocycles. The molecule has 0 saturated carbocycles. The number of oxime groups is 1. The lowest BCUT2D eigenvalue weighted by Gasteiger charge is -2.08. The lowest BCUT2D eigenvalue weighted by Crippen LogP contribution is -2.25. The van der Waals surface area contributed by atoms with E-state index in [0.717, 1.165) is 5.75 Å². The summed E-state index contributed by atoms with van der Waals surface area (Å²) in [5.74, 6) is 0.873. The van der Waals surface area contributed by atoms with Crippen LogP contribution in [0.15, 0.2) is 5.16 Å². The summed E-state index contributed by atoms with van der Waals surface area (Å²) in [6.45, 7) is 6.54. The molecule has 0 rings (SSSR count). The Kier molecular flexibility index (Phi) is 6.36. The molecule has 0 atom stereocenters. The van der Waals surface area contributed by atoms with E-state index in [9.17, 15) is 4.79 Å². The van der Waals surface area contributed by atoms with Crippen LogP contribution < -0.4 is 5.32 Å². The molecule has 0 saturated heterocycles. The average molecular weight is 218 g/mol. The quantitative estimate of drug-likeness (QED) is 0.340. The van der Waals surface area contributed by atoms with E-state index in [2.05, 4.69) is 15.3 Å². The number of thioether (sulfide) groups is 1. The van der Waals surface area contributed by atoms with Gasteiger partial charge in [0.25, 0.3) is 0 Å². The van der Waals surface area contributed by atoms with Gasteiger partial charge in [0.05, 0.1) is 0 Å². The lowest BCUT2D eigenvalue weighted by atomic mass is 10.00. The topological polar surface area (TPSA) is 50.7 Å². The number of nitrogens with one attached hydrogen (secondary N) is 1. The number of hydrogen-bond acceptors (Lipinski definition) is 4. The van der Waals surface area contributed by atoms with Crippen LogP contribution in [0.4, 0.5) is 4.79 Å². The fourth-order valence-corrected chi connectivity index (χ4v) is 0.826. The number of rotatable bonds is 4. The maximum Gasteiger partial charge on any atom is 0.433 e. The molecular weight excluding hydrogens is 200 g/mol. The Labute approximate surface area is 89.5 Å². The smallest absolute Gasteiger partial charge is 0.319 e. The van der Waals surface area contributed by atoms with Crippen LogP contribution >= 0.6 is 11.8 Å². The van der Waals surface area contributed by atoms with Gasteiger partial charge in [0, 0.05) is 23.9 Å². The Morgan fingerprint density at radius 2 is 2.21 bits per heavy atom. The van der Waals surface area contributed by atoms with Crippen molar-refractivity contribution in [1.82, 2.24) is 5.32 Å². The highest BCUT2D eigenvalue weighted by Gasteiger charge is 2.06. The molecule has 14 heavy (non-hydrogen) atoms. The number of nitrogens with zero attached hydrogens (tertiary/aromatic N) is 1. The molecule has 0 radical (unpaired) electrons. The second-order valence-electron chi connectivity index (χ2n) is 3.90. The van der Waals surface area contributed by atoms with Crippen molar-refractivity contribution in [3.63, 3.8) is 0 Å². The van der Waals surface area contributed by atoms with E-state index in [1.54, 1.807) is 18.0 Å². The standard InChI is InChI=1S/C9H18N2O2S/c1-9(2,3)7-11-13-8(12)10-5-6-14-4/h7H,5-6H2,1-4H3,(H,10,12). The second kappa shape index (κ2) is 6.70. The van der Waals surface area contributed by atoms with Gasteiger partial charge < -0.3 is 5.32 Å². The van der Waals surface area contributed by atoms with Crippen LogP contribution in [0.3, 0.4) is 0 Å². The van der Waals surface area contributed by atoms with Gasteiger partial charge in [0.2, 0.25) is 0 Å². The molecule has 4 nitrogen and oxygen atoms in total. The number of amides is 1. The van der Waals surface area contributed by atoms with Crippen molar-refractivity contribution in [1.29, 1.82) is 0 Å². The van der Waals surface area contributed by atoms with Gasteiger partial charge in [0.15, 0.2) is 0 Å². The molecule has 5 heteroatoms. The Morgan fingerprint density at radius 3 is 2.71 bits per heavy atom. The van der Waals surface area contributed by atoms with Gasteiger partial charge in [-0.2, -0.15) is 11.8 Å². The average Bonchev–Trinajstić information content (AvgIpc) is 2.02. The largest absolute Gasteiger partial charge is 0.433 e. The van der Waals surface area contributed by atoms with Crippen LogP contribution in [0.5, 0.6) is 0 Å². The van der Waals surface area contributed by atoms with Crippen molar-refractivity contribution in [2.75, 3.05) is 18.6 Å². The third kappa shape index (κ3) is 9.38. The van der Waals surface area contributed by atoms with E-state index in [1.165, 1.54) is 0 Å². The molecule has 0 aliphatic heterocycles. The summed E-state index contributed by atoms with van der Waals surface area (Å²) in [6, 6.07) is 0. The molecule has 82 valence electrons. The minimum Gasteiger partial charge on any atom is -0.319 e. The third-order valence-electron chi connectivity index (χ3n) is 1.15. The van der Waals surface area contributed by atoms with E-state index < -0.39 is 6.09 Å². The zero-order chi connectivity index (χ0) is 11.0. The Bertz CT molecular complexity index is 199. The van der Waals surface area contributed by atoms with Crippen molar-refractivity contribution < 1.29 is 9.63 Å².